The van der Waals surface area contributed by atoms with Crippen molar-refractivity contribution >= 4 is 17.8 Å². The molecule has 0 aliphatic heterocycles. The molecular weight excluding hydrogens is 216 g/mol. The monoisotopic (exact) mass is 254 g/mol. The highest BCUT2D eigenvalue weighted by molar-refractivity contribution is 6.56. The highest BCUT2D eigenvalue weighted by Crippen LogP contribution is 1.93. The third-order valence-electron chi connectivity index (χ3n) is 2.37. The molecule has 0 heterocycles. The molecule has 0 aromatic rings. The van der Waals surface area contributed by atoms with Crippen molar-refractivity contribution in [2.45, 2.75) is 74.3 Å². The molecule has 0 radical (unpaired) electrons. The number of hydrogen-bond donors (Lipinski definition) is 0. The predicted octanol–water partition coefficient (Wildman–Crippen LogP) is 4.80. The highest BCUT2D eigenvalue weighted by atomic mass is 28.3. The molecule has 100 valence electrons. The van der Waals surface area contributed by atoms with Gasteiger partial charge in [-0.25, -0.2) is 0 Å². The maximum atomic E-state index is 5.04. The van der Waals surface area contributed by atoms with Crippen molar-refractivity contribution in [2.24, 2.45) is 0 Å². The van der Waals surface area contributed by atoms with Crippen molar-refractivity contribution in [3.05, 3.63) is 0 Å². The van der Waals surface area contributed by atoms with Crippen LogP contribution in [0.4, 0.5) is 0 Å². The van der Waals surface area contributed by atoms with E-state index in [0.29, 0.717) is 0 Å². The third-order valence-corrected chi connectivity index (χ3v) is 7.11. The van der Waals surface area contributed by atoms with Gasteiger partial charge >= 0.3 is 0 Å². The van der Waals surface area contributed by atoms with Crippen LogP contribution in [-0.2, 0) is 4.43 Å². The van der Waals surface area contributed by atoms with E-state index >= 15 is 0 Å². The summed E-state index contributed by atoms with van der Waals surface area (Å²) in [4.78, 5) is 0. The fourth-order valence-electron chi connectivity index (χ4n) is 0.455. The van der Waals surface area contributed by atoms with Crippen molar-refractivity contribution in [2.75, 3.05) is 7.11 Å². The van der Waals surface area contributed by atoms with Gasteiger partial charge in [-0.05, 0) is 12.6 Å². The minimum absolute atomic E-state index is 0. The van der Waals surface area contributed by atoms with E-state index in [9.17, 15) is 0 Å². The van der Waals surface area contributed by atoms with Crippen LogP contribution in [0.25, 0.3) is 0 Å². The molecule has 0 aliphatic carbocycles. The van der Waals surface area contributed by atoms with E-state index in [4.69, 9.17) is 4.43 Å². The Hall–Kier alpha value is 0.394. The highest BCUT2D eigenvalue weighted by Gasteiger charge is 1.92. The lowest BCUT2D eigenvalue weighted by Gasteiger charge is -1.98. The van der Waals surface area contributed by atoms with E-state index in [1.165, 1.54) is 18.1 Å². The standard InChI is InChI=1S/C5H14Si.C4H12OSi.3CH4/c2*1-4-6(3)5-2;;;/h6H,4-5H2,1-3H3;6H,4H2,1-3H3;3*1H4. The van der Waals surface area contributed by atoms with Gasteiger partial charge in [0, 0.05) is 15.9 Å². The molecular formula is C12H38OSi2. The minimum Gasteiger partial charge on any atom is -0.423 e. The minimum atomic E-state index is -0.660. The average molecular weight is 255 g/mol. The Morgan fingerprint density at radius 2 is 1.13 bits per heavy atom. The van der Waals surface area contributed by atoms with Crippen molar-refractivity contribution < 1.29 is 4.43 Å². The first kappa shape index (κ1) is 29.5. The molecule has 1 unspecified atom stereocenters. The Morgan fingerprint density at radius 3 is 1.13 bits per heavy atom. The normalized spacial score (nSPS) is 9.80. The summed E-state index contributed by atoms with van der Waals surface area (Å²) in [5.74, 6) is 0. The van der Waals surface area contributed by atoms with Crippen LogP contribution < -0.4 is 0 Å². The fraction of sp³-hybridized carbons (Fsp3) is 1.00. The smallest absolute Gasteiger partial charge is 0.173 e. The zero-order chi connectivity index (χ0) is 9.98. The lowest BCUT2D eigenvalue weighted by Crippen LogP contribution is -2.06. The molecule has 0 N–H and O–H groups in total. The van der Waals surface area contributed by atoms with Gasteiger partial charge in [0.1, 0.15) is 0 Å². The molecule has 1 atom stereocenters. The lowest BCUT2D eigenvalue weighted by molar-refractivity contribution is 0.425. The topological polar surface area (TPSA) is 9.23 Å². The van der Waals surface area contributed by atoms with Gasteiger partial charge < -0.3 is 4.43 Å². The molecule has 15 heavy (non-hydrogen) atoms. The van der Waals surface area contributed by atoms with Crippen LogP contribution in [0.1, 0.15) is 43.1 Å². The zero-order valence-corrected chi connectivity index (χ0v) is 12.0. The van der Waals surface area contributed by atoms with E-state index in [-0.39, 0.29) is 31.1 Å². The van der Waals surface area contributed by atoms with Gasteiger partial charge in [0.05, 0.1) is 0 Å². The van der Waals surface area contributed by atoms with Crippen LogP contribution in [0, 0.1) is 0 Å². The van der Waals surface area contributed by atoms with Gasteiger partial charge in [-0.1, -0.05) is 61.7 Å². The summed E-state index contributed by atoms with van der Waals surface area (Å²) in [7, 11) is 0.971. The summed E-state index contributed by atoms with van der Waals surface area (Å²) in [6.45, 7) is 11.4. The molecule has 0 aromatic carbocycles. The Morgan fingerprint density at radius 1 is 0.800 bits per heavy atom. The van der Waals surface area contributed by atoms with E-state index in [0.717, 1.165) is 0 Å². The second kappa shape index (κ2) is 23.9. The molecule has 0 rings (SSSR count). The molecule has 0 saturated heterocycles. The molecule has 0 aromatic heterocycles. The van der Waals surface area contributed by atoms with Crippen molar-refractivity contribution in [1.29, 1.82) is 0 Å². The average Bonchev–Trinajstić information content (AvgIpc) is 2.16. The SMILES string of the molecule is C.C.C.CC[SiH](C)CC.CC[SiH](C)OC. The van der Waals surface area contributed by atoms with Gasteiger partial charge in [-0.15, -0.1) is 0 Å². The first-order valence-electron chi connectivity index (χ1n) is 5.14. The van der Waals surface area contributed by atoms with Crippen molar-refractivity contribution in [3.8, 4) is 0 Å². The summed E-state index contributed by atoms with van der Waals surface area (Å²) in [6, 6.07) is 4.18. The summed E-state index contributed by atoms with van der Waals surface area (Å²) in [5, 5.41) is 0. The zero-order valence-electron chi connectivity index (χ0n) is 9.68. The summed E-state index contributed by atoms with van der Waals surface area (Å²) < 4.78 is 5.04. The Bertz CT molecular complexity index is 62.0. The first-order valence-corrected chi connectivity index (χ1v) is 10.4. The van der Waals surface area contributed by atoms with E-state index < -0.39 is 9.04 Å². The van der Waals surface area contributed by atoms with Crippen molar-refractivity contribution in [1.82, 2.24) is 0 Å². The summed E-state index contributed by atoms with van der Waals surface area (Å²) >= 11 is 0. The summed E-state index contributed by atoms with van der Waals surface area (Å²) in [6.07, 6.45) is 0. The quantitative estimate of drug-likeness (QED) is 0.655. The van der Waals surface area contributed by atoms with Crippen LogP contribution in [0.5, 0.6) is 0 Å². The van der Waals surface area contributed by atoms with Crippen LogP contribution in [0.15, 0.2) is 0 Å². The second-order valence-electron chi connectivity index (χ2n) is 3.38. The van der Waals surface area contributed by atoms with Crippen LogP contribution in [0.2, 0.25) is 31.2 Å². The van der Waals surface area contributed by atoms with Crippen molar-refractivity contribution in [3.63, 3.8) is 0 Å². The summed E-state index contributed by atoms with van der Waals surface area (Å²) in [5.41, 5.74) is 0. The van der Waals surface area contributed by atoms with Gasteiger partial charge in [-0.2, -0.15) is 0 Å². The molecule has 0 spiro atoms. The lowest BCUT2D eigenvalue weighted by atomic mass is 10.9. The number of hydrogen-bond acceptors (Lipinski definition) is 1. The van der Waals surface area contributed by atoms with E-state index in [1.807, 2.05) is 0 Å². The third kappa shape index (κ3) is 31.4. The molecule has 0 saturated carbocycles. The van der Waals surface area contributed by atoms with Crippen LogP contribution in [-0.4, -0.2) is 24.9 Å². The van der Waals surface area contributed by atoms with Crippen LogP contribution in [0.3, 0.4) is 0 Å². The first-order chi connectivity index (χ1) is 5.62. The van der Waals surface area contributed by atoms with E-state index in [2.05, 4.69) is 33.9 Å². The van der Waals surface area contributed by atoms with Gasteiger partial charge in [0.15, 0.2) is 9.04 Å². The second-order valence-corrected chi connectivity index (χ2v) is 10.1. The maximum Gasteiger partial charge on any atom is 0.173 e. The predicted molar refractivity (Wildman–Crippen MR) is 84.7 cm³/mol. The number of rotatable bonds is 4. The molecule has 3 heteroatoms. The largest absolute Gasteiger partial charge is 0.423 e. The van der Waals surface area contributed by atoms with Gasteiger partial charge in [-0.3, -0.25) is 0 Å². The molecule has 0 fully saturated rings. The molecule has 0 amide bonds. The van der Waals surface area contributed by atoms with Gasteiger partial charge in [0.25, 0.3) is 0 Å². The molecule has 1 nitrogen and oxygen atoms in total. The van der Waals surface area contributed by atoms with Crippen LogP contribution >= 0.6 is 0 Å². The Balaban J connectivity index is -0.0000000370. The molecule has 0 aliphatic rings. The maximum absolute atomic E-state index is 5.04. The Labute approximate surface area is 104 Å². The fourth-order valence-corrected chi connectivity index (χ4v) is 1.37. The van der Waals surface area contributed by atoms with E-state index in [1.54, 1.807) is 7.11 Å². The Kier molecular flexibility index (Phi) is 47.0. The van der Waals surface area contributed by atoms with Gasteiger partial charge in [0.2, 0.25) is 0 Å². The molecule has 0 bridgehead atoms.